The lowest BCUT2D eigenvalue weighted by Gasteiger charge is -2.16. The summed E-state index contributed by atoms with van der Waals surface area (Å²) in [5, 5.41) is 9.89. The number of rotatable bonds is 4. The highest BCUT2D eigenvalue weighted by molar-refractivity contribution is 7.17. The van der Waals surface area contributed by atoms with E-state index in [2.05, 4.69) is 9.97 Å². The first kappa shape index (κ1) is 16.4. The summed E-state index contributed by atoms with van der Waals surface area (Å²) in [6.07, 6.45) is 3.88. The Bertz CT molecular complexity index is 762. The van der Waals surface area contributed by atoms with Gasteiger partial charge in [0.05, 0.1) is 11.6 Å². The van der Waals surface area contributed by atoms with Gasteiger partial charge in [-0.15, -0.1) is 0 Å². The number of carbonyl (C=O) groups excluding carboxylic acids is 1. The maximum Gasteiger partial charge on any atom is 0.308 e. The van der Waals surface area contributed by atoms with Crippen molar-refractivity contribution < 1.29 is 14.7 Å². The van der Waals surface area contributed by atoms with Gasteiger partial charge in [0.2, 0.25) is 0 Å². The molecule has 8 heteroatoms. The molecule has 0 aliphatic carbocycles. The largest absolute Gasteiger partial charge is 0.481 e. The normalized spacial score (nSPS) is 20.3. The van der Waals surface area contributed by atoms with Gasteiger partial charge in [-0.3, -0.25) is 14.6 Å². The standard InChI is InChI=1S/C16H18N4O3S/c1-2-12-13(24-16(17)19-12)14(21)20-7-10(11(8-20)15(22)23)9-3-5-18-6-4-9/h3-6,10-11H,2,7-8H2,1H3,(H2,17,19)(H,22,23)/t10-,11+/m1/s1. The summed E-state index contributed by atoms with van der Waals surface area (Å²) >= 11 is 1.16. The Hall–Kier alpha value is -2.48. The lowest BCUT2D eigenvalue weighted by Crippen LogP contribution is -2.30. The molecule has 2 atom stereocenters. The van der Waals surface area contributed by atoms with Crippen molar-refractivity contribution in [2.45, 2.75) is 19.3 Å². The zero-order chi connectivity index (χ0) is 17.3. The van der Waals surface area contributed by atoms with E-state index in [1.807, 2.05) is 6.92 Å². The molecule has 3 N–H and O–H groups in total. The summed E-state index contributed by atoms with van der Waals surface area (Å²) in [6, 6.07) is 3.60. The average molecular weight is 346 g/mol. The first-order chi connectivity index (χ1) is 11.5. The second-order valence-electron chi connectivity index (χ2n) is 5.72. The summed E-state index contributed by atoms with van der Waals surface area (Å²) in [7, 11) is 0. The van der Waals surface area contributed by atoms with E-state index in [1.165, 1.54) is 0 Å². The topological polar surface area (TPSA) is 109 Å². The molecular formula is C16H18N4O3S. The summed E-state index contributed by atoms with van der Waals surface area (Å²) in [6.45, 7) is 2.46. The highest BCUT2D eigenvalue weighted by atomic mass is 32.1. The molecule has 1 saturated heterocycles. The summed E-state index contributed by atoms with van der Waals surface area (Å²) in [5.41, 5.74) is 7.27. The van der Waals surface area contributed by atoms with Gasteiger partial charge < -0.3 is 15.7 Å². The Balaban J connectivity index is 1.87. The number of aromatic nitrogens is 2. The van der Waals surface area contributed by atoms with Gasteiger partial charge in [-0.05, 0) is 24.1 Å². The van der Waals surface area contributed by atoms with Gasteiger partial charge in [-0.2, -0.15) is 0 Å². The molecule has 1 fully saturated rings. The number of carbonyl (C=O) groups is 2. The minimum Gasteiger partial charge on any atom is -0.481 e. The van der Waals surface area contributed by atoms with Crippen LogP contribution in [0.3, 0.4) is 0 Å². The summed E-state index contributed by atoms with van der Waals surface area (Å²) < 4.78 is 0. The molecule has 0 unspecified atom stereocenters. The molecule has 0 radical (unpaired) electrons. The van der Waals surface area contributed by atoms with Gasteiger partial charge in [-0.25, -0.2) is 4.98 Å². The van der Waals surface area contributed by atoms with Crippen molar-refractivity contribution in [2.24, 2.45) is 5.92 Å². The maximum absolute atomic E-state index is 12.8. The number of nitrogens with zero attached hydrogens (tertiary/aromatic N) is 3. The number of nitrogen functional groups attached to an aromatic ring is 1. The van der Waals surface area contributed by atoms with Gasteiger partial charge >= 0.3 is 5.97 Å². The molecule has 1 aliphatic heterocycles. The number of aryl methyl sites for hydroxylation is 1. The number of hydrogen-bond acceptors (Lipinski definition) is 6. The van der Waals surface area contributed by atoms with Crippen LogP contribution in [0.4, 0.5) is 5.13 Å². The van der Waals surface area contributed by atoms with Crippen molar-refractivity contribution in [3.05, 3.63) is 40.7 Å². The fourth-order valence-corrected chi connectivity index (χ4v) is 3.98. The number of anilines is 1. The van der Waals surface area contributed by atoms with E-state index in [0.29, 0.717) is 28.7 Å². The van der Waals surface area contributed by atoms with Crippen molar-refractivity contribution >= 4 is 28.3 Å². The van der Waals surface area contributed by atoms with Crippen LogP contribution in [0.5, 0.6) is 0 Å². The van der Waals surface area contributed by atoms with Gasteiger partial charge in [-0.1, -0.05) is 18.3 Å². The number of hydrogen-bond donors (Lipinski definition) is 2. The first-order valence-electron chi connectivity index (χ1n) is 7.68. The van der Waals surface area contributed by atoms with Crippen molar-refractivity contribution in [2.75, 3.05) is 18.8 Å². The predicted octanol–water partition coefficient (Wildman–Crippen LogP) is 1.62. The number of aliphatic carboxylic acids is 1. The van der Waals surface area contributed by atoms with Crippen molar-refractivity contribution in [1.29, 1.82) is 0 Å². The van der Waals surface area contributed by atoms with Crippen LogP contribution < -0.4 is 5.73 Å². The molecule has 3 rings (SSSR count). The monoisotopic (exact) mass is 346 g/mol. The highest BCUT2D eigenvalue weighted by Crippen LogP contribution is 2.34. The third kappa shape index (κ3) is 2.96. The van der Waals surface area contributed by atoms with Gasteiger partial charge in [0.15, 0.2) is 5.13 Å². The van der Waals surface area contributed by atoms with Gasteiger partial charge in [0.25, 0.3) is 5.91 Å². The van der Waals surface area contributed by atoms with Crippen molar-refractivity contribution in [3.8, 4) is 0 Å². The molecule has 126 valence electrons. The van der Waals surface area contributed by atoms with Crippen LogP contribution in [0.2, 0.25) is 0 Å². The summed E-state index contributed by atoms with van der Waals surface area (Å²) in [4.78, 5) is 34.7. The number of amides is 1. The lowest BCUT2D eigenvalue weighted by molar-refractivity contribution is -0.141. The van der Waals surface area contributed by atoms with E-state index >= 15 is 0 Å². The van der Waals surface area contributed by atoms with Crippen LogP contribution in [-0.2, 0) is 11.2 Å². The van der Waals surface area contributed by atoms with Crippen molar-refractivity contribution in [1.82, 2.24) is 14.9 Å². The molecule has 2 aromatic heterocycles. The summed E-state index contributed by atoms with van der Waals surface area (Å²) in [5.74, 6) is -1.97. The molecule has 3 heterocycles. The van der Waals surface area contributed by atoms with Crippen LogP contribution >= 0.6 is 11.3 Å². The SMILES string of the molecule is CCc1nc(N)sc1C(=O)N1C[C@H](C(=O)O)[C@@H](c2ccncc2)C1. The Morgan fingerprint density at radius 2 is 2.08 bits per heavy atom. The third-order valence-corrected chi connectivity index (χ3v) is 5.22. The smallest absolute Gasteiger partial charge is 0.308 e. The van der Waals surface area contributed by atoms with E-state index in [-0.39, 0.29) is 18.4 Å². The van der Waals surface area contributed by atoms with Crippen LogP contribution in [0.1, 0.15) is 33.8 Å². The van der Waals surface area contributed by atoms with Crippen LogP contribution in [0, 0.1) is 5.92 Å². The zero-order valence-corrected chi connectivity index (χ0v) is 14.0. The molecule has 2 aromatic rings. The minimum absolute atomic E-state index is 0.183. The molecule has 0 aromatic carbocycles. The number of carboxylic acid groups (broad SMARTS) is 1. The first-order valence-corrected chi connectivity index (χ1v) is 8.50. The Labute approximate surface area is 143 Å². The molecular weight excluding hydrogens is 328 g/mol. The Morgan fingerprint density at radius 1 is 1.38 bits per heavy atom. The molecule has 1 aliphatic rings. The number of likely N-dealkylation sites (tertiary alicyclic amines) is 1. The highest BCUT2D eigenvalue weighted by Gasteiger charge is 2.41. The molecule has 24 heavy (non-hydrogen) atoms. The van der Waals surface area contributed by atoms with E-state index in [9.17, 15) is 14.7 Å². The van der Waals surface area contributed by atoms with Gasteiger partial charge in [0, 0.05) is 31.4 Å². The second kappa shape index (κ2) is 6.56. The maximum atomic E-state index is 12.8. The number of pyridine rings is 1. The van der Waals surface area contributed by atoms with Crippen molar-refractivity contribution in [3.63, 3.8) is 0 Å². The fraction of sp³-hybridized carbons (Fsp3) is 0.375. The quantitative estimate of drug-likeness (QED) is 0.871. The van der Waals surface area contributed by atoms with E-state index < -0.39 is 11.9 Å². The molecule has 0 spiro atoms. The van der Waals surface area contributed by atoms with Crippen LogP contribution in [0.15, 0.2) is 24.5 Å². The predicted molar refractivity (Wildman–Crippen MR) is 89.9 cm³/mol. The second-order valence-corrected chi connectivity index (χ2v) is 6.75. The van der Waals surface area contributed by atoms with Crippen LogP contribution in [-0.4, -0.2) is 44.9 Å². The average Bonchev–Trinajstić information content (AvgIpc) is 3.18. The molecule has 0 saturated carbocycles. The minimum atomic E-state index is -0.897. The number of carboxylic acids is 1. The Morgan fingerprint density at radius 3 is 2.71 bits per heavy atom. The van der Waals surface area contributed by atoms with E-state index in [0.717, 1.165) is 16.9 Å². The third-order valence-electron chi connectivity index (χ3n) is 4.30. The number of nitrogens with two attached hydrogens (primary N) is 1. The van der Waals surface area contributed by atoms with E-state index in [1.54, 1.807) is 29.4 Å². The molecule has 7 nitrogen and oxygen atoms in total. The van der Waals surface area contributed by atoms with E-state index in [4.69, 9.17) is 5.73 Å². The number of thiazole rings is 1. The lowest BCUT2D eigenvalue weighted by atomic mass is 9.90. The molecule has 0 bridgehead atoms. The van der Waals surface area contributed by atoms with Crippen LogP contribution in [0.25, 0.3) is 0 Å². The Kier molecular flexibility index (Phi) is 4.48. The zero-order valence-electron chi connectivity index (χ0n) is 13.2. The molecule has 1 amide bonds. The fourth-order valence-electron chi connectivity index (χ4n) is 3.09. The van der Waals surface area contributed by atoms with Gasteiger partial charge in [0.1, 0.15) is 4.88 Å².